The third kappa shape index (κ3) is 3.58. The number of amides is 3. The van der Waals surface area contributed by atoms with E-state index in [1.54, 1.807) is 47.2 Å². The van der Waals surface area contributed by atoms with Crippen molar-refractivity contribution in [1.29, 1.82) is 5.26 Å². The van der Waals surface area contributed by atoms with Gasteiger partial charge in [0.05, 0.1) is 35.1 Å². The van der Waals surface area contributed by atoms with E-state index in [2.05, 4.69) is 11.4 Å². The molecule has 0 atom stereocenters. The number of anilines is 1. The van der Waals surface area contributed by atoms with Crippen molar-refractivity contribution in [3.63, 3.8) is 0 Å². The third-order valence-electron chi connectivity index (χ3n) is 5.23. The molecule has 7 nitrogen and oxygen atoms in total. The quantitative estimate of drug-likeness (QED) is 0.860. The molecular weight excluding hydrogens is 376 g/mol. The molecule has 2 aromatic rings. The summed E-state index contributed by atoms with van der Waals surface area (Å²) >= 11 is 1.67. The molecule has 4 rings (SSSR count). The van der Waals surface area contributed by atoms with Gasteiger partial charge in [0.1, 0.15) is 5.76 Å². The Morgan fingerprint density at radius 3 is 2.82 bits per heavy atom. The number of carbonyl (C=O) groups excluding carboxylic acids is 2. The van der Waals surface area contributed by atoms with Crippen molar-refractivity contribution in [1.82, 2.24) is 9.80 Å². The molecule has 0 unspecified atom stereocenters. The number of nitriles is 1. The second-order valence-corrected chi connectivity index (χ2v) is 8.24. The van der Waals surface area contributed by atoms with E-state index in [9.17, 15) is 9.59 Å². The van der Waals surface area contributed by atoms with E-state index in [-0.39, 0.29) is 16.8 Å². The summed E-state index contributed by atoms with van der Waals surface area (Å²) in [6.45, 7) is 1.60. The lowest BCUT2D eigenvalue weighted by Crippen LogP contribution is -2.53. The van der Waals surface area contributed by atoms with Crippen LogP contribution in [0.15, 0.2) is 47.1 Å². The molecule has 2 fully saturated rings. The van der Waals surface area contributed by atoms with Crippen molar-refractivity contribution in [2.24, 2.45) is 0 Å². The lowest BCUT2D eigenvalue weighted by Gasteiger charge is -2.43. The minimum atomic E-state index is -0.276. The number of hydrogen-bond donors (Lipinski definition) is 1. The average Bonchev–Trinajstić information content (AvgIpc) is 3.33. The van der Waals surface area contributed by atoms with Crippen molar-refractivity contribution in [2.45, 2.75) is 24.3 Å². The van der Waals surface area contributed by atoms with Crippen LogP contribution in [0.25, 0.3) is 0 Å². The van der Waals surface area contributed by atoms with E-state index in [4.69, 9.17) is 9.68 Å². The normalized spacial score (nSPS) is 18.3. The van der Waals surface area contributed by atoms with Crippen LogP contribution < -0.4 is 5.32 Å². The fourth-order valence-electron chi connectivity index (χ4n) is 3.71. The molecule has 8 heteroatoms. The molecule has 28 heavy (non-hydrogen) atoms. The number of piperidine rings is 1. The third-order valence-corrected chi connectivity index (χ3v) is 6.78. The molecule has 3 heterocycles. The zero-order valence-electron chi connectivity index (χ0n) is 15.3. The van der Waals surface area contributed by atoms with E-state index in [0.717, 1.165) is 18.6 Å². The number of rotatable bonds is 3. The molecule has 2 aliphatic heterocycles. The number of likely N-dealkylation sites (tertiary alicyclic amines) is 1. The second kappa shape index (κ2) is 7.60. The number of benzene rings is 1. The first-order valence-electron chi connectivity index (χ1n) is 9.12. The fraction of sp³-hybridized carbons (Fsp3) is 0.350. The molecule has 0 saturated carbocycles. The van der Waals surface area contributed by atoms with Crippen LogP contribution in [-0.4, -0.2) is 45.5 Å². The number of furan rings is 1. The molecule has 1 N–H and O–H groups in total. The summed E-state index contributed by atoms with van der Waals surface area (Å²) in [6.07, 6.45) is 3.05. The Balaban J connectivity index is 1.39. The van der Waals surface area contributed by atoms with Gasteiger partial charge in [-0.05, 0) is 43.2 Å². The second-order valence-electron chi connectivity index (χ2n) is 6.90. The Morgan fingerprint density at radius 2 is 2.11 bits per heavy atom. The average molecular weight is 396 g/mol. The lowest BCUT2D eigenvalue weighted by atomic mass is 10.0. The molecule has 0 aliphatic carbocycles. The molecule has 144 valence electrons. The van der Waals surface area contributed by atoms with Gasteiger partial charge in [0.15, 0.2) is 0 Å². The van der Waals surface area contributed by atoms with Crippen molar-refractivity contribution < 1.29 is 14.0 Å². The zero-order valence-corrected chi connectivity index (χ0v) is 16.1. The van der Waals surface area contributed by atoms with Crippen molar-refractivity contribution in [2.75, 3.05) is 24.2 Å². The SMILES string of the molecule is N#Cc1cccc(NC(=O)N2CCC3(CC2)SCC(=O)N3Cc2ccco2)c1. The predicted octanol–water partition coefficient (Wildman–Crippen LogP) is 3.25. The van der Waals surface area contributed by atoms with Gasteiger partial charge in [0.25, 0.3) is 0 Å². The van der Waals surface area contributed by atoms with Crippen LogP contribution in [0.2, 0.25) is 0 Å². The summed E-state index contributed by atoms with van der Waals surface area (Å²) in [6, 6.07) is 12.4. The van der Waals surface area contributed by atoms with Crippen LogP contribution in [0.5, 0.6) is 0 Å². The number of hydrogen-bond acceptors (Lipinski definition) is 5. The highest BCUT2D eigenvalue weighted by Gasteiger charge is 2.48. The van der Waals surface area contributed by atoms with Crippen LogP contribution in [-0.2, 0) is 11.3 Å². The molecule has 0 bridgehead atoms. The van der Waals surface area contributed by atoms with Crippen LogP contribution in [0, 0.1) is 11.3 Å². The molecule has 1 spiro atoms. The van der Waals surface area contributed by atoms with Gasteiger partial charge in [-0.3, -0.25) is 4.79 Å². The van der Waals surface area contributed by atoms with Gasteiger partial charge in [0, 0.05) is 18.8 Å². The van der Waals surface area contributed by atoms with E-state index in [1.807, 2.05) is 17.0 Å². The molecule has 0 radical (unpaired) electrons. The fourth-order valence-corrected chi connectivity index (χ4v) is 5.05. The van der Waals surface area contributed by atoms with Gasteiger partial charge in [-0.25, -0.2) is 4.79 Å². The van der Waals surface area contributed by atoms with Crippen molar-refractivity contribution in [3.8, 4) is 6.07 Å². The maximum absolute atomic E-state index is 12.6. The van der Waals surface area contributed by atoms with Crippen molar-refractivity contribution in [3.05, 3.63) is 54.0 Å². The Kier molecular flexibility index (Phi) is 5.01. The summed E-state index contributed by atoms with van der Waals surface area (Å²) < 4.78 is 5.42. The maximum Gasteiger partial charge on any atom is 0.321 e. The number of nitrogens with zero attached hydrogens (tertiary/aromatic N) is 3. The van der Waals surface area contributed by atoms with E-state index >= 15 is 0 Å². The Morgan fingerprint density at radius 1 is 1.29 bits per heavy atom. The predicted molar refractivity (Wildman–Crippen MR) is 105 cm³/mol. The van der Waals surface area contributed by atoms with Crippen LogP contribution >= 0.6 is 11.8 Å². The monoisotopic (exact) mass is 396 g/mol. The summed E-state index contributed by atoms with van der Waals surface area (Å²) in [7, 11) is 0. The lowest BCUT2D eigenvalue weighted by molar-refractivity contribution is -0.132. The molecule has 1 aromatic carbocycles. The summed E-state index contributed by atoms with van der Waals surface area (Å²) in [5.74, 6) is 1.36. The topological polar surface area (TPSA) is 89.6 Å². The number of urea groups is 1. The van der Waals surface area contributed by atoms with Crippen LogP contribution in [0.3, 0.4) is 0 Å². The van der Waals surface area contributed by atoms with Crippen LogP contribution in [0.1, 0.15) is 24.2 Å². The highest BCUT2D eigenvalue weighted by molar-refractivity contribution is 8.01. The number of nitrogens with one attached hydrogen (secondary N) is 1. The van der Waals surface area contributed by atoms with Gasteiger partial charge in [-0.15, -0.1) is 11.8 Å². The molecule has 3 amide bonds. The zero-order chi connectivity index (χ0) is 19.6. The van der Waals surface area contributed by atoms with Gasteiger partial charge < -0.3 is 19.5 Å². The van der Waals surface area contributed by atoms with Gasteiger partial charge in [-0.1, -0.05) is 6.07 Å². The Labute approximate surface area is 167 Å². The minimum Gasteiger partial charge on any atom is -0.467 e. The van der Waals surface area contributed by atoms with Crippen molar-refractivity contribution >= 4 is 29.4 Å². The summed E-state index contributed by atoms with van der Waals surface area (Å²) in [5.41, 5.74) is 1.11. The first kappa shape index (κ1) is 18.4. The van der Waals surface area contributed by atoms with Gasteiger partial charge in [-0.2, -0.15) is 5.26 Å². The highest BCUT2D eigenvalue weighted by Crippen LogP contribution is 2.45. The number of thioether (sulfide) groups is 1. The maximum atomic E-state index is 12.6. The van der Waals surface area contributed by atoms with Crippen LogP contribution in [0.4, 0.5) is 10.5 Å². The largest absolute Gasteiger partial charge is 0.467 e. The number of carbonyl (C=O) groups is 2. The first-order chi connectivity index (χ1) is 13.6. The molecular formula is C20H20N4O3S. The van der Waals surface area contributed by atoms with E-state index in [0.29, 0.717) is 36.6 Å². The molecule has 1 aromatic heterocycles. The molecule has 2 saturated heterocycles. The minimum absolute atomic E-state index is 0.118. The van der Waals surface area contributed by atoms with E-state index < -0.39 is 0 Å². The first-order valence-corrected chi connectivity index (χ1v) is 10.1. The molecule has 2 aliphatic rings. The Bertz CT molecular complexity index is 914. The summed E-state index contributed by atoms with van der Waals surface area (Å²) in [5, 5.41) is 11.8. The summed E-state index contributed by atoms with van der Waals surface area (Å²) in [4.78, 5) is 28.4. The van der Waals surface area contributed by atoms with Gasteiger partial charge >= 0.3 is 6.03 Å². The standard InChI is InChI=1S/C20H20N4O3S/c21-12-15-3-1-4-16(11-15)22-19(26)23-8-6-20(7-9-23)24(18(25)14-28-20)13-17-5-2-10-27-17/h1-5,10-11H,6-9,13-14H2,(H,22,26). The smallest absolute Gasteiger partial charge is 0.321 e. The highest BCUT2D eigenvalue weighted by atomic mass is 32.2. The van der Waals surface area contributed by atoms with E-state index in [1.165, 1.54) is 0 Å². The Hall–Kier alpha value is -2.92. The van der Waals surface area contributed by atoms with Gasteiger partial charge in [0.2, 0.25) is 5.91 Å².